The summed E-state index contributed by atoms with van der Waals surface area (Å²) in [4.78, 5) is 24.0. The number of ether oxygens (including phenoxy) is 3. The van der Waals surface area contributed by atoms with Gasteiger partial charge in [-0.05, 0) is 48.0 Å². The minimum absolute atomic E-state index is 0.0655. The van der Waals surface area contributed by atoms with E-state index in [9.17, 15) is 31.5 Å². The standard InChI is InChI=1S/C25H17F5N2O5/c1-35-23-19(37-24(34)36-2)11-10-15-12-17(25(28,29)30)21(32(15)23)13-6-8-14(9-7-13)31-22(33)16-4-3-5-18(26)20(16)27/h3-12H,1-2H3,(H,31,33). The monoisotopic (exact) mass is 520 g/mol. The number of alkyl halides is 3. The molecule has 7 nitrogen and oxygen atoms in total. The first-order chi connectivity index (χ1) is 17.5. The van der Waals surface area contributed by atoms with E-state index in [0.717, 1.165) is 29.7 Å². The van der Waals surface area contributed by atoms with Crippen LogP contribution in [-0.4, -0.2) is 30.7 Å². The molecule has 4 aromatic rings. The fraction of sp³-hybridized carbons (Fsp3) is 0.120. The lowest BCUT2D eigenvalue weighted by molar-refractivity contribution is -0.137. The molecule has 0 atom stereocenters. The Bertz CT molecular complexity index is 1500. The molecule has 0 saturated carbocycles. The number of pyridine rings is 1. The lowest BCUT2D eigenvalue weighted by atomic mass is 10.1. The van der Waals surface area contributed by atoms with Crippen molar-refractivity contribution in [3.8, 4) is 22.9 Å². The summed E-state index contributed by atoms with van der Waals surface area (Å²) in [6.07, 6.45) is -5.87. The van der Waals surface area contributed by atoms with Crippen LogP contribution in [0.15, 0.2) is 60.7 Å². The zero-order valence-corrected chi connectivity index (χ0v) is 19.2. The molecular formula is C25H17F5N2O5. The van der Waals surface area contributed by atoms with Crippen LogP contribution in [0.3, 0.4) is 0 Å². The highest BCUT2D eigenvalue weighted by atomic mass is 19.4. The van der Waals surface area contributed by atoms with Gasteiger partial charge in [0.25, 0.3) is 5.91 Å². The van der Waals surface area contributed by atoms with Gasteiger partial charge in [-0.2, -0.15) is 13.2 Å². The largest absolute Gasteiger partial charge is 0.513 e. The van der Waals surface area contributed by atoms with Crippen LogP contribution in [0.5, 0.6) is 11.6 Å². The van der Waals surface area contributed by atoms with Gasteiger partial charge in [0.2, 0.25) is 5.88 Å². The van der Waals surface area contributed by atoms with Gasteiger partial charge in [0, 0.05) is 5.69 Å². The average molecular weight is 520 g/mol. The van der Waals surface area contributed by atoms with Crippen LogP contribution < -0.4 is 14.8 Å². The van der Waals surface area contributed by atoms with Gasteiger partial charge in [-0.3, -0.25) is 9.20 Å². The first kappa shape index (κ1) is 25.5. The Balaban J connectivity index is 1.78. The smallest absolute Gasteiger partial charge is 0.479 e. The van der Waals surface area contributed by atoms with E-state index in [0.29, 0.717) is 0 Å². The molecule has 1 amide bonds. The highest BCUT2D eigenvalue weighted by Crippen LogP contribution is 2.43. The molecule has 192 valence electrons. The molecule has 0 saturated heterocycles. The Hall–Kier alpha value is -4.61. The Kier molecular flexibility index (Phi) is 6.75. The summed E-state index contributed by atoms with van der Waals surface area (Å²) in [5.74, 6) is -3.86. The Morgan fingerprint density at radius 1 is 0.946 bits per heavy atom. The molecule has 0 radical (unpaired) electrons. The molecule has 0 aliphatic heterocycles. The maximum Gasteiger partial charge on any atom is 0.513 e. The third-order valence-electron chi connectivity index (χ3n) is 5.32. The van der Waals surface area contributed by atoms with Crippen molar-refractivity contribution in [1.82, 2.24) is 4.40 Å². The number of hydrogen-bond donors (Lipinski definition) is 1. The number of rotatable bonds is 5. The van der Waals surface area contributed by atoms with Crippen molar-refractivity contribution in [3.05, 3.63) is 83.4 Å². The Labute approximate surface area is 206 Å². The average Bonchev–Trinajstić information content (AvgIpc) is 3.26. The molecular weight excluding hydrogens is 503 g/mol. The van der Waals surface area contributed by atoms with E-state index >= 15 is 0 Å². The number of amides is 1. The van der Waals surface area contributed by atoms with Gasteiger partial charge < -0.3 is 19.5 Å². The number of methoxy groups -OCH3 is 2. The van der Waals surface area contributed by atoms with Crippen LogP contribution >= 0.6 is 0 Å². The van der Waals surface area contributed by atoms with E-state index in [1.807, 2.05) is 0 Å². The molecule has 0 bridgehead atoms. The Morgan fingerprint density at radius 2 is 1.65 bits per heavy atom. The number of halogens is 5. The number of hydrogen-bond acceptors (Lipinski definition) is 5. The van der Waals surface area contributed by atoms with Crippen molar-refractivity contribution in [2.45, 2.75) is 6.18 Å². The molecule has 37 heavy (non-hydrogen) atoms. The van der Waals surface area contributed by atoms with Gasteiger partial charge in [0.05, 0.1) is 36.6 Å². The number of nitrogens with zero attached hydrogens (tertiary/aromatic N) is 1. The van der Waals surface area contributed by atoms with Crippen molar-refractivity contribution >= 4 is 23.3 Å². The number of fused-ring (bicyclic) bond motifs is 1. The zero-order valence-electron chi connectivity index (χ0n) is 19.2. The van der Waals surface area contributed by atoms with E-state index in [4.69, 9.17) is 9.47 Å². The number of aromatic nitrogens is 1. The summed E-state index contributed by atoms with van der Waals surface area (Å²) < 4.78 is 85.2. The summed E-state index contributed by atoms with van der Waals surface area (Å²) in [5, 5.41) is 2.37. The minimum atomic E-state index is -4.77. The Morgan fingerprint density at radius 3 is 2.27 bits per heavy atom. The summed E-state index contributed by atoms with van der Waals surface area (Å²) >= 11 is 0. The normalized spacial score (nSPS) is 11.3. The molecule has 2 heterocycles. The topological polar surface area (TPSA) is 78.3 Å². The van der Waals surface area contributed by atoms with E-state index < -0.39 is 41.0 Å². The molecule has 0 fully saturated rings. The van der Waals surface area contributed by atoms with Crippen LogP contribution in [0.1, 0.15) is 15.9 Å². The second kappa shape index (κ2) is 9.80. The fourth-order valence-corrected chi connectivity index (χ4v) is 3.71. The van der Waals surface area contributed by atoms with Crippen molar-refractivity contribution in [2.75, 3.05) is 19.5 Å². The van der Waals surface area contributed by atoms with Crippen LogP contribution in [0, 0.1) is 11.6 Å². The van der Waals surface area contributed by atoms with Crippen LogP contribution in [0.2, 0.25) is 0 Å². The number of nitrogens with one attached hydrogen (secondary N) is 1. The minimum Gasteiger partial charge on any atom is -0.479 e. The van der Waals surface area contributed by atoms with Gasteiger partial charge in [0.15, 0.2) is 17.4 Å². The maximum atomic E-state index is 14.0. The number of carbonyl (C=O) groups excluding carboxylic acids is 2. The molecule has 2 aromatic carbocycles. The number of anilines is 1. The predicted octanol–water partition coefficient (Wildman–Crippen LogP) is 6.31. The van der Waals surface area contributed by atoms with Gasteiger partial charge >= 0.3 is 12.3 Å². The second-order valence-corrected chi connectivity index (χ2v) is 7.56. The first-order valence-electron chi connectivity index (χ1n) is 10.5. The summed E-state index contributed by atoms with van der Waals surface area (Å²) in [6.45, 7) is 0. The lowest BCUT2D eigenvalue weighted by Gasteiger charge is -2.15. The van der Waals surface area contributed by atoms with Crippen molar-refractivity contribution in [2.24, 2.45) is 0 Å². The summed E-state index contributed by atoms with van der Waals surface area (Å²) in [7, 11) is 2.26. The molecule has 4 rings (SSSR count). The van der Waals surface area contributed by atoms with Gasteiger partial charge in [-0.15, -0.1) is 0 Å². The van der Waals surface area contributed by atoms with Crippen LogP contribution in [-0.2, 0) is 10.9 Å². The van der Waals surface area contributed by atoms with Crippen molar-refractivity contribution < 1.29 is 45.8 Å². The molecule has 0 spiro atoms. The SMILES string of the molecule is COC(=O)Oc1ccc2cc(C(F)(F)F)c(-c3ccc(NC(=O)c4cccc(F)c4F)cc3)n2c1OC. The third-order valence-corrected chi connectivity index (χ3v) is 5.32. The molecule has 1 N–H and O–H groups in total. The molecule has 0 aliphatic carbocycles. The van der Waals surface area contributed by atoms with Crippen molar-refractivity contribution in [1.29, 1.82) is 0 Å². The highest BCUT2D eigenvalue weighted by Gasteiger charge is 2.37. The van der Waals surface area contributed by atoms with Gasteiger partial charge in [-0.25, -0.2) is 13.6 Å². The van der Waals surface area contributed by atoms with E-state index in [-0.39, 0.29) is 34.1 Å². The molecule has 0 aliphatic rings. The van der Waals surface area contributed by atoms with Crippen LogP contribution in [0.4, 0.5) is 32.4 Å². The first-order valence-corrected chi connectivity index (χ1v) is 10.5. The summed E-state index contributed by atoms with van der Waals surface area (Å²) in [5.41, 5.74) is -1.59. The zero-order chi connectivity index (χ0) is 26.9. The van der Waals surface area contributed by atoms with Crippen molar-refractivity contribution in [3.63, 3.8) is 0 Å². The second-order valence-electron chi connectivity index (χ2n) is 7.56. The fourth-order valence-electron chi connectivity index (χ4n) is 3.71. The molecule has 2 aromatic heterocycles. The quantitative estimate of drug-likeness (QED) is 0.247. The van der Waals surface area contributed by atoms with E-state index in [1.54, 1.807) is 0 Å². The molecule has 0 unspecified atom stereocenters. The molecule has 12 heteroatoms. The van der Waals surface area contributed by atoms with Gasteiger partial charge in [-0.1, -0.05) is 18.2 Å². The van der Waals surface area contributed by atoms with Gasteiger partial charge in [0.1, 0.15) is 0 Å². The van der Waals surface area contributed by atoms with Crippen LogP contribution in [0.25, 0.3) is 16.8 Å². The van der Waals surface area contributed by atoms with E-state index in [1.165, 1.54) is 49.6 Å². The summed E-state index contributed by atoms with van der Waals surface area (Å²) in [6, 6.07) is 11.8. The number of benzene rings is 2. The third kappa shape index (κ3) is 4.90. The lowest BCUT2D eigenvalue weighted by Crippen LogP contribution is -2.14. The van der Waals surface area contributed by atoms with E-state index in [2.05, 4.69) is 10.1 Å². The number of carbonyl (C=O) groups is 2. The maximum absolute atomic E-state index is 14.0. The highest BCUT2D eigenvalue weighted by molar-refractivity contribution is 6.04. The predicted molar refractivity (Wildman–Crippen MR) is 122 cm³/mol.